The molecular formula is C13H17ClN2O3S. The molecule has 0 bridgehead atoms. The summed E-state index contributed by atoms with van der Waals surface area (Å²) in [4.78, 5) is -0.104. The van der Waals surface area contributed by atoms with Gasteiger partial charge in [0.05, 0.1) is 22.3 Å². The number of benzene rings is 1. The predicted molar refractivity (Wildman–Crippen MR) is 76.9 cm³/mol. The van der Waals surface area contributed by atoms with E-state index in [0.717, 1.165) is 0 Å². The number of sulfonamides is 1. The Hall–Kier alpha value is -1.13. The van der Waals surface area contributed by atoms with Gasteiger partial charge in [0.1, 0.15) is 4.90 Å². The van der Waals surface area contributed by atoms with Crippen LogP contribution in [0.5, 0.6) is 0 Å². The van der Waals surface area contributed by atoms with Crippen LogP contribution < -0.4 is 4.72 Å². The third-order valence-corrected chi connectivity index (χ3v) is 5.14. The molecule has 0 unspecified atom stereocenters. The molecule has 2 N–H and O–H groups in total. The molecule has 0 atom stereocenters. The Morgan fingerprint density at radius 2 is 2.00 bits per heavy atom. The monoisotopic (exact) mass is 316 g/mol. The molecule has 0 aliphatic carbocycles. The van der Waals surface area contributed by atoms with E-state index in [1.807, 2.05) is 6.07 Å². The quantitative estimate of drug-likeness (QED) is 0.840. The number of hydrogen-bond donors (Lipinski definition) is 2. The Morgan fingerprint density at radius 3 is 2.45 bits per heavy atom. The van der Waals surface area contributed by atoms with E-state index in [-0.39, 0.29) is 22.0 Å². The molecule has 5 nitrogen and oxygen atoms in total. The van der Waals surface area contributed by atoms with Crippen molar-refractivity contribution in [3.05, 3.63) is 28.8 Å². The summed E-state index contributed by atoms with van der Waals surface area (Å²) in [6, 6.07) is 5.83. The van der Waals surface area contributed by atoms with Crippen molar-refractivity contribution in [3.8, 4) is 6.07 Å². The van der Waals surface area contributed by atoms with Crippen LogP contribution in [0.2, 0.25) is 5.02 Å². The number of rotatable bonds is 6. The van der Waals surface area contributed by atoms with E-state index in [1.165, 1.54) is 18.2 Å². The van der Waals surface area contributed by atoms with E-state index in [0.29, 0.717) is 12.8 Å². The number of nitriles is 1. The van der Waals surface area contributed by atoms with Gasteiger partial charge in [-0.15, -0.1) is 0 Å². The van der Waals surface area contributed by atoms with Gasteiger partial charge in [0, 0.05) is 6.54 Å². The zero-order valence-corrected chi connectivity index (χ0v) is 12.9. The summed E-state index contributed by atoms with van der Waals surface area (Å²) >= 11 is 5.88. The van der Waals surface area contributed by atoms with Crippen molar-refractivity contribution >= 4 is 21.6 Å². The Balaban J connectivity index is 2.98. The van der Waals surface area contributed by atoms with E-state index in [4.69, 9.17) is 16.9 Å². The van der Waals surface area contributed by atoms with Crippen LogP contribution in [0.4, 0.5) is 0 Å². The maximum atomic E-state index is 12.1. The second-order valence-corrected chi connectivity index (χ2v) is 6.66. The first kappa shape index (κ1) is 16.9. The molecule has 20 heavy (non-hydrogen) atoms. The van der Waals surface area contributed by atoms with E-state index in [1.54, 1.807) is 13.8 Å². The molecule has 0 heterocycles. The maximum Gasteiger partial charge on any atom is 0.242 e. The highest BCUT2D eigenvalue weighted by Gasteiger charge is 2.26. The number of hydrogen-bond acceptors (Lipinski definition) is 4. The van der Waals surface area contributed by atoms with Crippen molar-refractivity contribution in [1.82, 2.24) is 4.72 Å². The summed E-state index contributed by atoms with van der Waals surface area (Å²) in [5.41, 5.74) is -0.792. The van der Waals surface area contributed by atoms with Gasteiger partial charge in [-0.05, 0) is 31.0 Å². The summed E-state index contributed by atoms with van der Waals surface area (Å²) in [5.74, 6) is 0. The Bertz CT molecular complexity index is 619. The minimum atomic E-state index is -3.82. The van der Waals surface area contributed by atoms with Crippen LogP contribution >= 0.6 is 11.6 Å². The summed E-state index contributed by atoms with van der Waals surface area (Å²) in [5, 5.41) is 18.8. The van der Waals surface area contributed by atoms with E-state index in [2.05, 4.69) is 4.72 Å². The lowest BCUT2D eigenvalue weighted by molar-refractivity contribution is 0.0377. The summed E-state index contributed by atoms with van der Waals surface area (Å²) in [6.07, 6.45) is 0.875. The van der Waals surface area contributed by atoms with Crippen molar-refractivity contribution in [2.75, 3.05) is 6.54 Å². The Kier molecular flexibility index (Phi) is 5.54. The van der Waals surface area contributed by atoms with Gasteiger partial charge in [0.2, 0.25) is 10.0 Å². The van der Waals surface area contributed by atoms with Gasteiger partial charge in [-0.25, -0.2) is 13.1 Å². The summed E-state index contributed by atoms with van der Waals surface area (Å²) in [6.45, 7) is 3.48. The molecule has 0 aliphatic rings. The van der Waals surface area contributed by atoms with Gasteiger partial charge in [-0.3, -0.25) is 0 Å². The normalized spacial score (nSPS) is 12.2. The first-order valence-electron chi connectivity index (χ1n) is 6.19. The number of halogens is 1. The molecule has 0 aromatic heterocycles. The molecule has 0 saturated heterocycles. The molecule has 110 valence electrons. The molecule has 0 fully saturated rings. The van der Waals surface area contributed by atoms with Crippen molar-refractivity contribution in [2.24, 2.45) is 0 Å². The van der Waals surface area contributed by atoms with Crippen LogP contribution in [0, 0.1) is 11.3 Å². The lowest BCUT2D eigenvalue weighted by Gasteiger charge is -2.25. The average molecular weight is 317 g/mol. The largest absolute Gasteiger partial charge is 0.389 e. The first-order chi connectivity index (χ1) is 9.28. The standard InChI is InChI=1S/C13H17ClN2O3S/c1-3-13(17,4-2)9-16-20(18,19)12-6-5-10(8-15)7-11(12)14/h5-7,16-17H,3-4,9H2,1-2H3. The highest BCUT2D eigenvalue weighted by Crippen LogP contribution is 2.23. The van der Waals surface area contributed by atoms with Crippen LogP contribution in [-0.2, 0) is 10.0 Å². The summed E-state index contributed by atoms with van der Waals surface area (Å²) in [7, 11) is -3.82. The molecule has 0 amide bonds. The van der Waals surface area contributed by atoms with Gasteiger partial charge < -0.3 is 5.11 Å². The minimum Gasteiger partial charge on any atom is -0.389 e. The highest BCUT2D eigenvalue weighted by molar-refractivity contribution is 7.89. The molecule has 0 aliphatic heterocycles. The SMILES string of the molecule is CCC(O)(CC)CNS(=O)(=O)c1ccc(C#N)cc1Cl. The van der Waals surface area contributed by atoms with Crippen LogP contribution in [0.3, 0.4) is 0 Å². The zero-order valence-electron chi connectivity index (χ0n) is 11.4. The number of nitrogens with zero attached hydrogens (tertiary/aromatic N) is 1. The van der Waals surface area contributed by atoms with E-state index >= 15 is 0 Å². The van der Waals surface area contributed by atoms with Gasteiger partial charge >= 0.3 is 0 Å². The third kappa shape index (κ3) is 3.93. The molecule has 7 heteroatoms. The molecule has 1 rings (SSSR count). The number of nitrogens with one attached hydrogen (secondary N) is 1. The zero-order chi connectivity index (χ0) is 15.4. The Labute approximate surface area is 124 Å². The average Bonchev–Trinajstić information content (AvgIpc) is 2.44. The van der Waals surface area contributed by atoms with E-state index in [9.17, 15) is 13.5 Å². The predicted octanol–water partition coefficient (Wildman–Crippen LogP) is 2.04. The second-order valence-electron chi connectivity index (χ2n) is 4.51. The second kappa shape index (κ2) is 6.55. The lowest BCUT2D eigenvalue weighted by Crippen LogP contribution is -2.42. The van der Waals surface area contributed by atoms with Crippen LogP contribution in [0.15, 0.2) is 23.1 Å². The number of aliphatic hydroxyl groups is 1. The minimum absolute atomic E-state index is 0.0203. The fraction of sp³-hybridized carbons (Fsp3) is 0.462. The summed E-state index contributed by atoms with van der Waals surface area (Å²) < 4.78 is 26.6. The van der Waals surface area contributed by atoms with Gasteiger partial charge in [0.15, 0.2) is 0 Å². The van der Waals surface area contributed by atoms with Crippen molar-refractivity contribution in [3.63, 3.8) is 0 Å². The fourth-order valence-corrected chi connectivity index (χ4v) is 3.26. The smallest absolute Gasteiger partial charge is 0.242 e. The van der Waals surface area contributed by atoms with Crippen LogP contribution in [-0.4, -0.2) is 25.7 Å². The molecular weight excluding hydrogens is 300 g/mol. The van der Waals surface area contributed by atoms with Crippen LogP contribution in [0.1, 0.15) is 32.3 Å². The van der Waals surface area contributed by atoms with Crippen molar-refractivity contribution in [1.29, 1.82) is 5.26 Å². The fourth-order valence-electron chi connectivity index (χ4n) is 1.60. The molecule has 0 spiro atoms. The first-order valence-corrected chi connectivity index (χ1v) is 8.06. The van der Waals surface area contributed by atoms with Gasteiger partial charge in [0.25, 0.3) is 0 Å². The highest BCUT2D eigenvalue weighted by atomic mass is 35.5. The topological polar surface area (TPSA) is 90.2 Å². The molecule has 1 aromatic rings. The van der Waals surface area contributed by atoms with E-state index < -0.39 is 15.6 Å². The van der Waals surface area contributed by atoms with Crippen LogP contribution in [0.25, 0.3) is 0 Å². The maximum absolute atomic E-state index is 12.1. The third-order valence-electron chi connectivity index (χ3n) is 3.26. The lowest BCUT2D eigenvalue weighted by atomic mass is 9.98. The van der Waals surface area contributed by atoms with Crippen molar-refractivity contribution in [2.45, 2.75) is 37.2 Å². The molecule has 1 aromatic carbocycles. The Morgan fingerprint density at radius 1 is 1.40 bits per heavy atom. The van der Waals surface area contributed by atoms with Crippen molar-refractivity contribution < 1.29 is 13.5 Å². The molecule has 0 radical (unpaired) electrons. The molecule has 0 saturated carbocycles. The van der Waals surface area contributed by atoms with Gasteiger partial charge in [-0.1, -0.05) is 25.4 Å². The van der Waals surface area contributed by atoms with Gasteiger partial charge in [-0.2, -0.15) is 5.26 Å².